The molecule has 0 amide bonds. The minimum Gasteiger partial charge on any atom is -0.368 e. The third-order valence-corrected chi connectivity index (χ3v) is 4.44. The van der Waals surface area contributed by atoms with Crippen LogP contribution in [0.4, 0.5) is 11.5 Å². The smallest absolute Gasteiger partial charge is 0.274 e. The number of hydrogen-bond donors (Lipinski definition) is 1. The maximum atomic E-state index is 10.6. The molecule has 17 heavy (non-hydrogen) atoms. The van der Waals surface area contributed by atoms with Gasteiger partial charge >= 0.3 is 0 Å². The summed E-state index contributed by atoms with van der Waals surface area (Å²) in [7, 11) is 0. The van der Waals surface area contributed by atoms with Crippen LogP contribution in [-0.4, -0.2) is 27.0 Å². The summed E-state index contributed by atoms with van der Waals surface area (Å²) in [6, 6.07) is 2.88. The van der Waals surface area contributed by atoms with Crippen molar-refractivity contribution < 1.29 is 4.92 Å². The molecule has 0 bridgehead atoms. The van der Waals surface area contributed by atoms with E-state index in [0.717, 1.165) is 6.54 Å². The summed E-state index contributed by atoms with van der Waals surface area (Å²) in [6.45, 7) is 3.01. The molecule has 1 atom stereocenters. The standard InChI is InChI=1S/C11H15N3O2S/c1-11(4-2-6-17-11)8-13-10-7-9(14(15)16)3-5-12-10/h3,5,7H,2,4,6,8H2,1H3,(H,12,13). The highest BCUT2D eigenvalue weighted by molar-refractivity contribution is 8.00. The van der Waals surface area contributed by atoms with Gasteiger partial charge in [-0.05, 0) is 25.5 Å². The summed E-state index contributed by atoms with van der Waals surface area (Å²) in [6.07, 6.45) is 3.88. The molecule has 1 aromatic rings. The second-order valence-corrected chi connectivity index (χ2v) is 6.09. The highest BCUT2D eigenvalue weighted by Crippen LogP contribution is 2.37. The molecular formula is C11H15N3O2S. The molecule has 1 N–H and O–H groups in total. The molecule has 1 saturated heterocycles. The summed E-state index contributed by atoms with van der Waals surface area (Å²) >= 11 is 1.95. The Labute approximate surface area is 104 Å². The van der Waals surface area contributed by atoms with E-state index in [2.05, 4.69) is 17.2 Å². The van der Waals surface area contributed by atoms with Crippen LogP contribution in [0.3, 0.4) is 0 Å². The monoisotopic (exact) mass is 253 g/mol. The lowest BCUT2D eigenvalue weighted by Crippen LogP contribution is -2.27. The normalized spacial score (nSPS) is 23.6. The van der Waals surface area contributed by atoms with Crippen molar-refractivity contribution >= 4 is 23.3 Å². The van der Waals surface area contributed by atoms with Crippen molar-refractivity contribution in [2.24, 2.45) is 0 Å². The highest BCUT2D eigenvalue weighted by Gasteiger charge is 2.29. The Kier molecular flexibility index (Phi) is 3.51. The van der Waals surface area contributed by atoms with Crippen molar-refractivity contribution in [2.75, 3.05) is 17.6 Å². The number of nitrogens with one attached hydrogen (secondary N) is 1. The zero-order valence-corrected chi connectivity index (χ0v) is 10.5. The molecular weight excluding hydrogens is 238 g/mol. The fourth-order valence-corrected chi connectivity index (χ4v) is 3.13. The number of aromatic nitrogens is 1. The molecule has 0 saturated carbocycles. The van der Waals surface area contributed by atoms with Gasteiger partial charge in [0.25, 0.3) is 5.69 Å². The first-order chi connectivity index (χ1) is 8.09. The van der Waals surface area contributed by atoms with E-state index in [4.69, 9.17) is 0 Å². The molecule has 1 aliphatic rings. The van der Waals surface area contributed by atoms with Gasteiger partial charge in [-0.2, -0.15) is 11.8 Å². The van der Waals surface area contributed by atoms with Crippen LogP contribution in [0.1, 0.15) is 19.8 Å². The zero-order valence-electron chi connectivity index (χ0n) is 9.68. The first kappa shape index (κ1) is 12.2. The molecule has 92 valence electrons. The van der Waals surface area contributed by atoms with E-state index in [9.17, 15) is 10.1 Å². The lowest BCUT2D eigenvalue weighted by atomic mass is 10.1. The Balaban J connectivity index is 1.99. The van der Waals surface area contributed by atoms with Gasteiger partial charge in [0.2, 0.25) is 0 Å². The van der Waals surface area contributed by atoms with Crippen LogP contribution in [0.25, 0.3) is 0 Å². The summed E-state index contributed by atoms with van der Waals surface area (Å²) in [5, 5.41) is 13.8. The third kappa shape index (κ3) is 3.09. The van der Waals surface area contributed by atoms with Crippen molar-refractivity contribution in [2.45, 2.75) is 24.5 Å². The van der Waals surface area contributed by atoms with Crippen LogP contribution in [0.5, 0.6) is 0 Å². The van der Waals surface area contributed by atoms with Crippen LogP contribution in [-0.2, 0) is 0 Å². The molecule has 1 unspecified atom stereocenters. The predicted octanol–water partition coefficient (Wildman–Crippen LogP) is 2.69. The van der Waals surface area contributed by atoms with Gasteiger partial charge in [0.1, 0.15) is 5.82 Å². The van der Waals surface area contributed by atoms with Gasteiger partial charge in [-0.15, -0.1) is 0 Å². The van der Waals surface area contributed by atoms with Crippen LogP contribution in [0, 0.1) is 10.1 Å². The summed E-state index contributed by atoms with van der Waals surface area (Å²) < 4.78 is 0.228. The number of nitrogens with zero attached hydrogens (tertiary/aromatic N) is 2. The summed E-state index contributed by atoms with van der Waals surface area (Å²) in [4.78, 5) is 14.3. The average molecular weight is 253 g/mol. The summed E-state index contributed by atoms with van der Waals surface area (Å²) in [5.41, 5.74) is 0.0757. The minimum atomic E-state index is -0.404. The number of rotatable bonds is 4. The van der Waals surface area contributed by atoms with Gasteiger partial charge in [-0.25, -0.2) is 4.98 Å². The van der Waals surface area contributed by atoms with E-state index in [1.165, 1.54) is 36.9 Å². The van der Waals surface area contributed by atoms with Gasteiger partial charge < -0.3 is 5.32 Å². The first-order valence-corrected chi connectivity index (χ1v) is 6.56. The molecule has 5 nitrogen and oxygen atoms in total. The predicted molar refractivity (Wildman–Crippen MR) is 69.5 cm³/mol. The van der Waals surface area contributed by atoms with Gasteiger partial charge in [0.05, 0.1) is 11.0 Å². The van der Waals surface area contributed by atoms with Gasteiger partial charge in [-0.3, -0.25) is 10.1 Å². The lowest BCUT2D eigenvalue weighted by Gasteiger charge is -2.23. The number of nitro groups is 1. The third-order valence-electron chi connectivity index (χ3n) is 2.90. The molecule has 1 fully saturated rings. The lowest BCUT2D eigenvalue weighted by molar-refractivity contribution is -0.384. The molecule has 1 aliphatic heterocycles. The summed E-state index contributed by atoms with van der Waals surface area (Å²) in [5.74, 6) is 1.77. The zero-order chi connectivity index (χ0) is 12.3. The number of hydrogen-bond acceptors (Lipinski definition) is 5. The largest absolute Gasteiger partial charge is 0.368 e. The Bertz CT molecular complexity index is 419. The molecule has 0 aliphatic carbocycles. The minimum absolute atomic E-state index is 0.0757. The van der Waals surface area contributed by atoms with E-state index < -0.39 is 4.92 Å². The van der Waals surface area contributed by atoms with E-state index >= 15 is 0 Å². The van der Waals surface area contributed by atoms with Crippen molar-refractivity contribution in [3.8, 4) is 0 Å². The van der Waals surface area contributed by atoms with Crippen molar-refractivity contribution in [1.82, 2.24) is 4.98 Å². The SMILES string of the molecule is CC1(CNc2cc([N+](=O)[O-])ccn2)CCCS1. The second kappa shape index (κ2) is 4.91. The van der Waals surface area contributed by atoms with E-state index in [0.29, 0.717) is 5.82 Å². The molecule has 1 aromatic heterocycles. The Morgan fingerprint density at radius 3 is 3.18 bits per heavy atom. The topological polar surface area (TPSA) is 68.1 Å². The van der Waals surface area contributed by atoms with Crippen LogP contribution < -0.4 is 5.32 Å². The Hall–Kier alpha value is -1.30. The average Bonchev–Trinajstić information content (AvgIpc) is 2.75. The quantitative estimate of drug-likeness (QED) is 0.660. The fraction of sp³-hybridized carbons (Fsp3) is 0.545. The number of thioether (sulfide) groups is 1. The van der Waals surface area contributed by atoms with Crippen molar-refractivity contribution in [3.63, 3.8) is 0 Å². The van der Waals surface area contributed by atoms with Crippen LogP contribution in [0.15, 0.2) is 18.3 Å². The van der Waals surface area contributed by atoms with Gasteiger partial charge in [0, 0.05) is 23.6 Å². The van der Waals surface area contributed by atoms with Crippen molar-refractivity contribution in [3.05, 3.63) is 28.4 Å². The molecule has 2 rings (SSSR count). The fourth-order valence-electron chi connectivity index (χ4n) is 1.88. The maximum absolute atomic E-state index is 10.6. The number of anilines is 1. The Morgan fingerprint density at radius 1 is 1.71 bits per heavy atom. The Morgan fingerprint density at radius 2 is 2.53 bits per heavy atom. The van der Waals surface area contributed by atoms with Gasteiger partial charge in [-0.1, -0.05) is 0 Å². The van der Waals surface area contributed by atoms with Crippen LogP contribution >= 0.6 is 11.8 Å². The highest BCUT2D eigenvalue weighted by atomic mass is 32.2. The number of pyridine rings is 1. The maximum Gasteiger partial charge on any atom is 0.274 e. The molecule has 0 radical (unpaired) electrons. The van der Waals surface area contributed by atoms with Crippen LogP contribution in [0.2, 0.25) is 0 Å². The van der Waals surface area contributed by atoms with Crippen molar-refractivity contribution in [1.29, 1.82) is 0 Å². The van der Waals surface area contributed by atoms with E-state index in [1.807, 2.05) is 11.8 Å². The van der Waals surface area contributed by atoms with E-state index in [-0.39, 0.29) is 10.4 Å². The first-order valence-electron chi connectivity index (χ1n) is 5.57. The van der Waals surface area contributed by atoms with E-state index in [1.54, 1.807) is 0 Å². The molecule has 0 aromatic carbocycles. The second-order valence-electron chi connectivity index (χ2n) is 4.41. The molecule has 0 spiro atoms. The molecule has 2 heterocycles. The molecule has 6 heteroatoms. The van der Waals surface area contributed by atoms with Gasteiger partial charge in [0.15, 0.2) is 0 Å².